The summed E-state index contributed by atoms with van der Waals surface area (Å²) in [5.74, 6) is -0.637. The Kier molecular flexibility index (Phi) is 4.52. The number of thiazole rings is 1. The van der Waals surface area contributed by atoms with Crippen molar-refractivity contribution in [1.29, 1.82) is 0 Å². The van der Waals surface area contributed by atoms with E-state index >= 15 is 0 Å². The van der Waals surface area contributed by atoms with E-state index in [1.165, 1.54) is 11.3 Å². The van der Waals surface area contributed by atoms with E-state index in [9.17, 15) is 22.8 Å². The Morgan fingerprint density at radius 1 is 1.43 bits per heavy atom. The molecule has 0 saturated heterocycles. The first-order valence-electron chi connectivity index (χ1n) is 5.87. The number of hydrogen-bond donors (Lipinski definition) is 1. The molecule has 2 heterocycles. The van der Waals surface area contributed by atoms with E-state index in [1.807, 2.05) is 17.5 Å². The maximum absolute atomic E-state index is 12.7. The van der Waals surface area contributed by atoms with Gasteiger partial charge in [0.05, 0.1) is 6.04 Å². The lowest BCUT2D eigenvalue weighted by Crippen LogP contribution is -2.34. The number of alkyl halides is 3. The molecule has 1 atom stereocenters. The standard InChI is InChI=1S/C12H11F3N2O2S2/c1-7(8-3-2-4-20-8)16-10(18)5-17-9(12(13,14)15)6-21-11(17)19/h2-4,6-7H,5H2,1H3,(H,16,18). The molecular weight excluding hydrogens is 325 g/mol. The number of amides is 1. The van der Waals surface area contributed by atoms with E-state index in [0.29, 0.717) is 15.9 Å². The Hall–Kier alpha value is -1.61. The minimum atomic E-state index is -4.65. The van der Waals surface area contributed by atoms with Crippen LogP contribution >= 0.6 is 22.7 Å². The van der Waals surface area contributed by atoms with Crippen molar-refractivity contribution in [2.24, 2.45) is 0 Å². The molecule has 0 spiro atoms. The lowest BCUT2D eigenvalue weighted by atomic mass is 10.3. The number of nitrogens with zero attached hydrogens (tertiary/aromatic N) is 1. The summed E-state index contributed by atoms with van der Waals surface area (Å²) in [6.07, 6.45) is -4.65. The highest BCUT2D eigenvalue weighted by molar-refractivity contribution is 7.10. The van der Waals surface area contributed by atoms with Gasteiger partial charge >= 0.3 is 11.0 Å². The highest BCUT2D eigenvalue weighted by Crippen LogP contribution is 2.29. The van der Waals surface area contributed by atoms with Crippen LogP contribution in [0.5, 0.6) is 0 Å². The summed E-state index contributed by atoms with van der Waals surface area (Å²) < 4.78 is 38.6. The van der Waals surface area contributed by atoms with Crippen molar-refractivity contribution >= 4 is 28.6 Å². The van der Waals surface area contributed by atoms with Gasteiger partial charge in [-0.2, -0.15) is 13.2 Å². The average molecular weight is 336 g/mol. The second-order valence-corrected chi connectivity index (χ2v) is 6.08. The predicted octanol–water partition coefficient (Wildman–Crippen LogP) is 2.87. The molecule has 2 aromatic rings. The molecule has 0 aromatic carbocycles. The van der Waals surface area contributed by atoms with Crippen LogP contribution in [0.25, 0.3) is 0 Å². The van der Waals surface area contributed by atoms with E-state index in [0.717, 1.165) is 10.3 Å². The molecule has 114 valence electrons. The van der Waals surface area contributed by atoms with Crippen molar-refractivity contribution in [3.63, 3.8) is 0 Å². The summed E-state index contributed by atoms with van der Waals surface area (Å²) in [4.78, 5) is 23.3. The highest BCUT2D eigenvalue weighted by atomic mass is 32.1. The van der Waals surface area contributed by atoms with Crippen LogP contribution in [0.4, 0.5) is 13.2 Å². The number of carbonyl (C=O) groups excluding carboxylic acids is 1. The van der Waals surface area contributed by atoms with Crippen LogP contribution in [0, 0.1) is 0 Å². The molecule has 21 heavy (non-hydrogen) atoms. The van der Waals surface area contributed by atoms with Crippen LogP contribution in [0.2, 0.25) is 0 Å². The molecule has 1 unspecified atom stereocenters. The molecule has 0 radical (unpaired) electrons. The van der Waals surface area contributed by atoms with Crippen LogP contribution in [0.1, 0.15) is 23.5 Å². The van der Waals surface area contributed by atoms with Crippen molar-refractivity contribution in [3.8, 4) is 0 Å². The Balaban J connectivity index is 2.10. The average Bonchev–Trinajstić information content (AvgIpc) is 2.99. The van der Waals surface area contributed by atoms with Crippen molar-refractivity contribution < 1.29 is 18.0 Å². The van der Waals surface area contributed by atoms with Gasteiger partial charge in [-0.05, 0) is 18.4 Å². The monoisotopic (exact) mass is 336 g/mol. The number of halogens is 3. The summed E-state index contributed by atoms with van der Waals surface area (Å²) >= 11 is 1.86. The third-order valence-corrected chi connectivity index (χ3v) is 4.54. The van der Waals surface area contributed by atoms with Gasteiger partial charge in [-0.1, -0.05) is 17.4 Å². The van der Waals surface area contributed by atoms with Gasteiger partial charge in [0.2, 0.25) is 5.91 Å². The first-order chi connectivity index (χ1) is 9.79. The maximum Gasteiger partial charge on any atom is 0.432 e. The van der Waals surface area contributed by atoms with Crippen molar-refractivity contribution in [3.05, 3.63) is 43.1 Å². The van der Waals surface area contributed by atoms with Gasteiger partial charge < -0.3 is 5.32 Å². The topological polar surface area (TPSA) is 51.1 Å². The second kappa shape index (κ2) is 6.02. The molecule has 4 nitrogen and oxygen atoms in total. The lowest BCUT2D eigenvalue weighted by molar-refractivity contribution is -0.144. The first kappa shape index (κ1) is 15.8. The fourth-order valence-corrected chi connectivity index (χ4v) is 3.24. The van der Waals surface area contributed by atoms with E-state index in [1.54, 1.807) is 6.92 Å². The molecule has 2 aromatic heterocycles. The molecule has 0 aliphatic carbocycles. The smallest absolute Gasteiger partial charge is 0.347 e. The molecule has 1 N–H and O–H groups in total. The predicted molar refractivity (Wildman–Crippen MR) is 74.5 cm³/mol. The number of hydrogen-bond acceptors (Lipinski definition) is 4. The zero-order valence-electron chi connectivity index (χ0n) is 10.8. The fraction of sp³-hybridized carbons (Fsp3) is 0.333. The van der Waals surface area contributed by atoms with E-state index in [-0.39, 0.29) is 6.04 Å². The van der Waals surface area contributed by atoms with Gasteiger partial charge in [0, 0.05) is 10.3 Å². The number of thiophene rings is 1. The van der Waals surface area contributed by atoms with Crippen LogP contribution in [0.15, 0.2) is 27.7 Å². The molecule has 0 saturated carbocycles. The summed E-state index contributed by atoms with van der Waals surface area (Å²) in [6, 6.07) is 3.31. The van der Waals surface area contributed by atoms with Crippen molar-refractivity contribution in [2.75, 3.05) is 0 Å². The van der Waals surface area contributed by atoms with Gasteiger partial charge in [-0.15, -0.1) is 11.3 Å². The minimum absolute atomic E-state index is 0.318. The second-order valence-electron chi connectivity index (χ2n) is 4.28. The van der Waals surface area contributed by atoms with E-state index in [2.05, 4.69) is 5.32 Å². The van der Waals surface area contributed by atoms with Gasteiger partial charge in [-0.3, -0.25) is 14.2 Å². The Morgan fingerprint density at radius 2 is 2.14 bits per heavy atom. The van der Waals surface area contributed by atoms with Gasteiger partial charge in [-0.25, -0.2) is 0 Å². The summed E-state index contributed by atoms with van der Waals surface area (Å²) in [6.45, 7) is 1.08. The highest BCUT2D eigenvalue weighted by Gasteiger charge is 2.36. The van der Waals surface area contributed by atoms with Crippen LogP contribution in [0.3, 0.4) is 0 Å². The molecular formula is C12H11F3N2O2S2. The van der Waals surface area contributed by atoms with Gasteiger partial charge in [0.15, 0.2) is 0 Å². The molecule has 9 heteroatoms. The molecule has 0 aliphatic rings. The summed E-state index contributed by atoms with van der Waals surface area (Å²) in [7, 11) is 0. The van der Waals surface area contributed by atoms with Gasteiger partial charge in [0.1, 0.15) is 12.2 Å². The lowest BCUT2D eigenvalue weighted by Gasteiger charge is -2.14. The SMILES string of the molecule is CC(NC(=O)Cn1c(C(F)(F)F)csc1=O)c1cccs1. The number of carbonyl (C=O) groups is 1. The number of rotatable bonds is 4. The minimum Gasteiger partial charge on any atom is -0.347 e. The quantitative estimate of drug-likeness (QED) is 0.933. The van der Waals surface area contributed by atoms with Gasteiger partial charge in [0.25, 0.3) is 0 Å². The zero-order valence-corrected chi connectivity index (χ0v) is 12.4. The van der Waals surface area contributed by atoms with Crippen LogP contribution < -0.4 is 10.2 Å². The maximum atomic E-state index is 12.7. The Bertz CT molecular complexity index is 673. The summed E-state index contributed by atoms with van der Waals surface area (Å²) in [5, 5.41) is 5.13. The molecule has 0 bridgehead atoms. The Labute approximate surface area is 125 Å². The number of aromatic nitrogens is 1. The molecule has 2 rings (SSSR count). The molecule has 0 fully saturated rings. The van der Waals surface area contributed by atoms with E-state index < -0.39 is 29.2 Å². The van der Waals surface area contributed by atoms with Crippen LogP contribution in [-0.4, -0.2) is 10.5 Å². The normalized spacial score (nSPS) is 13.1. The third kappa shape index (κ3) is 3.73. The van der Waals surface area contributed by atoms with Crippen molar-refractivity contribution in [2.45, 2.75) is 25.7 Å². The molecule has 0 aliphatic heterocycles. The largest absolute Gasteiger partial charge is 0.432 e. The Morgan fingerprint density at radius 3 is 2.71 bits per heavy atom. The molecule has 1 amide bonds. The summed E-state index contributed by atoms with van der Waals surface area (Å²) in [5.41, 5.74) is -1.10. The fourth-order valence-electron chi connectivity index (χ4n) is 1.74. The van der Waals surface area contributed by atoms with Crippen LogP contribution in [-0.2, 0) is 17.5 Å². The first-order valence-corrected chi connectivity index (χ1v) is 7.63. The zero-order chi connectivity index (χ0) is 15.6. The third-order valence-electron chi connectivity index (χ3n) is 2.72. The van der Waals surface area contributed by atoms with Crippen molar-refractivity contribution in [1.82, 2.24) is 9.88 Å². The van der Waals surface area contributed by atoms with E-state index in [4.69, 9.17) is 0 Å². The number of nitrogens with one attached hydrogen (secondary N) is 1.